The van der Waals surface area contributed by atoms with Gasteiger partial charge >= 0.3 is 0 Å². The summed E-state index contributed by atoms with van der Waals surface area (Å²) in [5.74, 6) is 0.932. The summed E-state index contributed by atoms with van der Waals surface area (Å²) in [5, 5.41) is 3.42. The fourth-order valence-corrected chi connectivity index (χ4v) is 3.67. The molecule has 0 aromatic heterocycles. The molecule has 0 aromatic rings. The minimum atomic E-state index is 0.0641. The molecule has 0 aliphatic carbocycles. The number of likely N-dealkylation sites (tertiary alicyclic amines) is 1. The summed E-state index contributed by atoms with van der Waals surface area (Å²) < 4.78 is 6.02. The van der Waals surface area contributed by atoms with E-state index in [9.17, 15) is 4.79 Å². The molecule has 1 N–H and O–H groups in total. The van der Waals surface area contributed by atoms with Crippen LogP contribution >= 0.6 is 0 Å². The van der Waals surface area contributed by atoms with E-state index < -0.39 is 0 Å². The van der Waals surface area contributed by atoms with Gasteiger partial charge in [0.2, 0.25) is 5.91 Å². The van der Waals surface area contributed by atoms with E-state index in [1.54, 1.807) is 0 Å². The first-order chi connectivity index (χ1) is 9.17. The highest BCUT2D eigenvalue weighted by molar-refractivity contribution is 5.76. The van der Waals surface area contributed by atoms with E-state index in [1.807, 2.05) is 11.9 Å². The fraction of sp³-hybridized carbons (Fsp3) is 0.929. The number of hydrogen-bond acceptors (Lipinski definition) is 4. The predicted octanol–water partition coefficient (Wildman–Crippen LogP) is -0.0809. The van der Waals surface area contributed by atoms with Gasteiger partial charge in [0.25, 0.3) is 0 Å². The van der Waals surface area contributed by atoms with Gasteiger partial charge in [0.05, 0.1) is 12.2 Å². The Labute approximate surface area is 115 Å². The predicted molar refractivity (Wildman–Crippen MR) is 73.0 cm³/mol. The number of morpholine rings is 1. The lowest BCUT2D eigenvalue weighted by molar-refractivity contribution is -0.134. The number of carbonyl (C=O) groups is 1. The van der Waals surface area contributed by atoms with Gasteiger partial charge in [-0.3, -0.25) is 9.69 Å². The quantitative estimate of drug-likeness (QED) is 0.760. The molecular weight excluding hydrogens is 242 g/mol. The number of rotatable bonds is 2. The third kappa shape index (κ3) is 2.93. The summed E-state index contributed by atoms with van der Waals surface area (Å²) in [6.45, 7) is 7.04. The van der Waals surface area contributed by atoms with Crippen LogP contribution in [-0.4, -0.2) is 74.2 Å². The van der Waals surface area contributed by atoms with Crippen LogP contribution in [0, 0.1) is 5.92 Å². The van der Waals surface area contributed by atoms with Crippen LogP contribution in [0.1, 0.15) is 19.3 Å². The molecule has 108 valence electrons. The maximum absolute atomic E-state index is 11.5. The van der Waals surface area contributed by atoms with Crippen LogP contribution in [-0.2, 0) is 9.53 Å². The van der Waals surface area contributed by atoms with E-state index in [2.05, 4.69) is 10.2 Å². The molecule has 0 bridgehead atoms. The average molecular weight is 267 g/mol. The van der Waals surface area contributed by atoms with Crippen molar-refractivity contribution in [3.05, 3.63) is 0 Å². The molecule has 3 heterocycles. The smallest absolute Gasteiger partial charge is 0.222 e. The van der Waals surface area contributed by atoms with Crippen LogP contribution in [0.15, 0.2) is 0 Å². The van der Waals surface area contributed by atoms with E-state index in [0.717, 1.165) is 65.1 Å². The maximum atomic E-state index is 11.5. The van der Waals surface area contributed by atoms with E-state index in [-0.39, 0.29) is 5.60 Å². The van der Waals surface area contributed by atoms with Gasteiger partial charge < -0.3 is 15.0 Å². The second-order valence-corrected chi connectivity index (χ2v) is 6.37. The molecule has 19 heavy (non-hydrogen) atoms. The summed E-state index contributed by atoms with van der Waals surface area (Å²) in [5.41, 5.74) is 0.0641. The maximum Gasteiger partial charge on any atom is 0.222 e. The molecule has 3 fully saturated rings. The van der Waals surface area contributed by atoms with Crippen molar-refractivity contribution in [2.24, 2.45) is 5.92 Å². The standard InChI is InChI=1S/C14H25N3O2/c1-16-8-12(2-3-13(16)18)9-17-6-7-19-14(11-17)4-5-15-10-14/h12,15H,2-11H2,1H3. The highest BCUT2D eigenvalue weighted by Crippen LogP contribution is 2.26. The zero-order valence-corrected chi connectivity index (χ0v) is 11.9. The second-order valence-electron chi connectivity index (χ2n) is 6.37. The molecule has 2 unspecified atom stereocenters. The van der Waals surface area contributed by atoms with Gasteiger partial charge in [-0.05, 0) is 25.3 Å². The molecule has 0 aromatic carbocycles. The highest BCUT2D eigenvalue weighted by Gasteiger charge is 2.39. The Morgan fingerprint density at radius 3 is 3.16 bits per heavy atom. The number of ether oxygens (including phenoxy) is 1. The Kier molecular flexibility index (Phi) is 3.78. The van der Waals surface area contributed by atoms with Gasteiger partial charge in [0, 0.05) is 46.2 Å². The van der Waals surface area contributed by atoms with Crippen molar-refractivity contribution in [1.29, 1.82) is 0 Å². The molecule has 5 heteroatoms. The van der Waals surface area contributed by atoms with Crippen molar-refractivity contribution >= 4 is 5.91 Å². The van der Waals surface area contributed by atoms with Crippen molar-refractivity contribution in [1.82, 2.24) is 15.1 Å². The lowest BCUT2D eigenvalue weighted by Gasteiger charge is -2.42. The van der Waals surface area contributed by atoms with Crippen LogP contribution in [0.5, 0.6) is 0 Å². The van der Waals surface area contributed by atoms with E-state index in [4.69, 9.17) is 4.74 Å². The average Bonchev–Trinajstić information content (AvgIpc) is 2.82. The number of carbonyl (C=O) groups excluding carboxylic acids is 1. The Morgan fingerprint density at radius 1 is 1.53 bits per heavy atom. The minimum absolute atomic E-state index is 0.0641. The molecule has 0 radical (unpaired) electrons. The topological polar surface area (TPSA) is 44.8 Å². The number of piperidine rings is 1. The van der Waals surface area contributed by atoms with Crippen molar-refractivity contribution in [3.63, 3.8) is 0 Å². The number of hydrogen-bond donors (Lipinski definition) is 1. The monoisotopic (exact) mass is 267 g/mol. The zero-order chi connectivity index (χ0) is 13.3. The Morgan fingerprint density at radius 2 is 2.42 bits per heavy atom. The van der Waals surface area contributed by atoms with Gasteiger partial charge in [-0.15, -0.1) is 0 Å². The van der Waals surface area contributed by atoms with Gasteiger partial charge in [-0.1, -0.05) is 0 Å². The molecule has 1 amide bonds. The molecule has 0 saturated carbocycles. The summed E-state index contributed by atoms with van der Waals surface area (Å²) in [7, 11) is 1.93. The van der Waals surface area contributed by atoms with Crippen LogP contribution in [0.3, 0.4) is 0 Å². The number of nitrogens with zero attached hydrogens (tertiary/aromatic N) is 2. The fourth-order valence-electron chi connectivity index (χ4n) is 3.67. The van der Waals surface area contributed by atoms with Crippen LogP contribution < -0.4 is 5.32 Å². The highest BCUT2D eigenvalue weighted by atomic mass is 16.5. The number of nitrogens with one attached hydrogen (secondary N) is 1. The first kappa shape index (κ1) is 13.3. The van der Waals surface area contributed by atoms with Crippen LogP contribution in [0.2, 0.25) is 0 Å². The first-order valence-corrected chi connectivity index (χ1v) is 7.48. The van der Waals surface area contributed by atoms with Crippen LogP contribution in [0.4, 0.5) is 0 Å². The zero-order valence-electron chi connectivity index (χ0n) is 11.9. The van der Waals surface area contributed by atoms with Crippen molar-refractivity contribution in [2.45, 2.75) is 24.9 Å². The van der Waals surface area contributed by atoms with Crippen molar-refractivity contribution in [3.8, 4) is 0 Å². The van der Waals surface area contributed by atoms with Crippen molar-refractivity contribution in [2.75, 3.05) is 52.9 Å². The van der Waals surface area contributed by atoms with E-state index in [0.29, 0.717) is 11.8 Å². The SMILES string of the molecule is CN1CC(CN2CCOC3(CCNC3)C2)CCC1=O. The summed E-state index contributed by atoms with van der Waals surface area (Å²) in [6.07, 6.45) is 2.90. The first-order valence-electron chi connectivity index (χ1n) is 7.48. The molecule has 3 aliphatic rings. The third-order valence-electron chi connectivity index (χ3n) is 4.77. The van der Waals surface area contributed by atoms with Gasteiger partial charge in [-0.2, -0.15) is 0 Å². The Balaban J connectivity index is 1.53. The van der Waals surface area contributed by atoms with E-state index >= 15 is 0 Å². The molecular formula is C14H25N3O2. The van der Waals surface area contributed by atoms with Gasteiger partial charge in [0.1, 0.15) is 0 Å². The minimum Gasteiger partial charge on any atom is -0.371 e. The van der Waals surface area contributed by atoms with Crippen molar-refractivity contribution < 1.29 is 9.53 Å². The van der Waals surface area contributed by atoms with E-state index in [1.165, 1.54) is 0 Å². The number of amides is 1. The summed E-state index contributed by atoms with van der Waals surface area (Å²) in [4.78, 5) is 16.0. The largest absolute Gasteiger partial charge is 0.371 e. The molecule has 3 rings (SSSR count). The summed E-state index contributed by atoms with van der Waals surface area (Å²) >= 11 is 0. The molecule has 2 atom stereocenters. The lowest BCUT2D eigenvalue weighted by atomic mass is 9.95. The second kappa shape index (κ2) is 5.38. The Bertz CT molecular complexity index is 342. The van der Waals surface area contributed by atoms with Crippen LogP contribution in [0.25, 0.3) is 0 Å². The Hall–Kier alpha value is -0.650. The summed E-state index contributed by atoms with van der Waals surface area (Å²) in [6, 6.07) is 0. The third-order valence-corrected chi connectivity index (χ3v) is 4.77. The normalized spacial score (nSPS) is 37.2. The molecule has 3 saturated heterocycles. The van der Waals surface area contributed by atoms with Gasteiger partial charge in [0.15, 0.2) is 0 Å². The molecule has 3 aliphatic heterocycles. The lowest BCUT2D eigenvalue weighted by Crippen LogP contribution is -2.54. The molecule has 5 nitrogen and oxygen atoms in total. The van der Waals surface area contributed by atoms with Gasteiger partial charge in [-0.25, -0.2) is 0 Å². The molecule has 1 spiro atoms.